The van der Waals surface area contributed by atoms with Gasteiger partial charge in [0.1, 0.15) is 5.75 Å². The molecule has 0 saturated heterocycles. The Morgan fingerprint density at radius 2 is 1.90 bits per heavy atom. The highest BCUT2D eigenvalue weighted by atomic mass is 16.5. The van der Waals surface area contributed by atoms with Crippen molar-refractivity contribution in [1.29, 1.82) is 0 Å². The molecular weight excluding hydrogens is 270 g/mol. The lowest BCUT2D eigenvalue weighted by Crippen LogP contribution is -2.13. The number of ether oxygens (including phenoxy) is 2. The summed E-state index contributed by atoms with van der Waals surface area (Å²) in [6.45, 7) is 6.49. The minimum atomic E-state index is 0.135. The smallest absolute Gasteiger partial charge is 0.330 e. The van der Waals surface area contributed by atoms with E-state index in [2.05, 4.69) is 20.4 Å². The first kappa shape index (κ1) is 15.0. The Balaban J connectivity index is 2.25. The average molecular weight is 289 g/mol. The molecule has 0 atom stereocenters. The van der Waals surface area contributed by atoms with Gasteiger partial charge < -0.3 is 9.47 Å². The van der Waals surface area contributed by atoms with Crippen LogP contribution in [0.3, 0.4) is 0 Å². The zero-order valence-electron chi connectivity index (χ0n) is 12.4. The standard InChI is InChI=1S/C14H19N5O2/c1-4-7-20-13-16-12(19-15)17-14(18-13)21-11-6-5-9(2)8-10(11)3/h5-6,8H,4,7,15H2,1-3H3,(H,16,17,18,19). The van der Waals surface area contributed by atoms with Gasteiger partial charge in [0.2, 0.25) is 5.95 Å². The Hall–Kier alpha value is -2.41. The summed E-state index contributed by atoms with van der Waals surface area (Å²) in [5.74, 6) is 6.21. The molecule has 2 rings (SSSR count). The monoisotopic (exact) mass is 289 g/mol. The molecule has 1 aromatic heterocycles. The number of hydrazine groups is 1. The minimum Gasteiger partial charge on any atom is -0.463 e. The number of nitrogens with one attached hydrogen (secondary N) is 1. The summed E-state index contributed by atoms with van der Waals surface area (Å²) in [6, 6.07) is 6.17. The molecule has 112 valence electrons. The quantitative estimate of drug-likeness (QED) is 0.622. The van der Waals surface area contributed by atoms with Crippen molar-refractivity contribution < 1.29 is 9.47 Å². The van der Waals surface area contributed by atoms with Gasteiger partial charge in [-0.15, -0.1) is 4.98 Å². The molecule has 3 N–H and O–H groups in total. The average Bonchev–Trinajstić information content (AvgIpc) is 2.48. The van der Waals surface area contributed by atoms with Crippen LogP contribution in [0.25, 0.3) is 0 Å². The van der Waals surface area contributed by atoms with E-state index in [1.54, 1.807) is 0 Å². The molecule has 0 aliphatic carbocycles. The summed E-state index contributed by atoms with van der Waals surface area (Å²) in [4.78, 5) is 12.2. The van der Waals surface area contributed by atoms with Crippen LogP contribution in [0.15, 0.2) is 18.2 Å². The Labute approximate surface area is 123 Å². The molecule has 1 aromatic carbocycles. The first-order valence-corrected chi connectivity index (χ1v) is 6.73. The molecule has 0 saturated carbocycles. The number of aromatic nitrogens is 3. The van der Waals surface area contributed by atoms with Gasteiger partial charge in [-0.3, -0.25) is 5.43 Å². The fraction of sp³-hybridized carbons (Fsp3) is 0.357. The molecule has 0 aliphatic rings. The van der Waals surface area contributed by atoms with Crippen LogP contribution < -0.4 is 20.7 Å². The molecule has 2 aromatic rings. The third-order valence-electron chi connectivity index (χ3n) is 2.69. The molecule has 0 unspecified atom stereocenters. The number of aryl methyl sites for hydroxylation is 2. The second-order valence-electron chi connectivity index (χ2n) is 4.59. The number of hydrogen-bond donors (Lipinski definition) is 2. The summed E-state index contributed by atoms with van der Waals surface area (Å²) < 4.78 is 11.1. The number of nitrogen functional groups attached to an aromatic ring is 1. The van der Waals surface area contributed by atoms with Crippen molar-refractivity contribution >= 4 is 5.95 Å². The highest BCUT2D eigenvalue weighted by Crippen LogP contribution is 2.24. The largest absolute Gasteiger partial charge is 0.463 e. The molecule has 7 heteroatoms. The van der Waals surface area contributed by atoms with Crippen LogP contribution in [-0.4, -0.2) is 21.6 Å². The lowest BCUT2D eigenvalue weighted by molar-refractivity contribution is 0.285. The summed E-state index contributed by atoms with van der Waals surface area (Å²) >= 11 is 0. The predicted molar refractivity (Wildman–Crippen MR) is 79.4 cm³/mol. The van der Waals surface area contributed by atoms with Crippen LogP contribution in [0, 0.1) is 13.8 Å². The molecule has 21 heavy (non-hydrogen) atoms. The highest BCUT2D eigenvalue weighted by Gasteiger charge is 2.10. The molecule has 1 heterocycles. The third kappa shape index (κ3) is 4.03. The van der Waals surface area contributed by atoms with Crippen molar-refractivity contribution in [2.24, 2.45) is 5.84 Å². The predicted octanol–water partition coefficient (Wildman–Crippen LogP) is 2.36. The van der Waals surface area contributed by atoms with E-state index >= 15 is 0 Å². The molecule has 0 aliphatic heterocycles. The zero-order valence-corrected chi connectivity index (χ0v) is 12.4. The Bertz CT molecular complexity index is 618. The van der Waals surface area contributed by atoms with Crippen molar-refractivity contribution in [3.8, 4) is 17.8 Å². The number of nitrogens with two attached hydrogens (primary N) is 1. The molecule has 0 fully saturated rings. The van der Waals surface area contributed by atoms with E-state index in [0.717, 1.165) is 17.5 Å². The van der Waals surface area contributed by atoms with Gasteiger partial charge in [-0.25, -0.2) is 5.84 Å². The van der Waals surface area contributed by atoms with Crippen LogP contribution >= 0.6 is 0 Å². The van der Waals surface area contributed by atoms with Crippen LogP contribution in [0.1, 0.15) is 24.5 Å². The highest BCUT2D eigenvalue weighted by molar-refractivity contribution is 5.38. The molecule has 7 nitrogen and oxygen atoms in total. The Morgan fingerprint density at radius 3 is 2.57 bits per heavy atom. The molecular formula is C14H19N5O2. The van der Waals surface area contributed by atoms with Gasteiger partial charge in [0.25, 0.3) is 0 Å². The van der Waals surface area contributed by atoms with Crippen LogP contribution in [0.4, 0.5) is 5.95 Å². The SMILES string of the molecule is CCCOc1nc(NN)nc(Oc2ccc(C)cc2C)n1. The summed E-state index contributed by atoms with van der Waals surface area (Å²) in [5.41, 5.74) is 4.52. The zero-order chi connectivity index (χ0) is 15.2. The fourth-order valence-corrected chi connectivity index (χ4v) is 1.72. The van der Waals surface area contributed by atoms with Crippen molar-refractivity contribution in [2.75, 3.05) is 12.0 Å². The van der Waals surface area contributed by atoms with Gasteiger partial charge in [-0.1, -0.05) is 24.6 Å². The number of hydrogen-bond acceptors (Lipinski definition) is 7. The third-order valence-corrected chi connectivity index (χ3v) is 2.69. The molecule has 0 spiro atoms. The van der Waals surface area contributed by atoms with Gasteiger partial charge in [-0.05, 0) is 31.9 Å². The van der Waals surface area contributed by atoms with E-state index in [-0.39, 0.29) is 18.0 Å². The maximum Gasteiger partial charge on any atom is 0.330 e. The normalized spacial score (nSPS) is 10.3. The van der Waals surface area contributed by atoms with Gasteiger partial charge in [-0.2, -0.15) is 9.97 Å². The molecule has 0 radical (unpaired) electrons. The summed E-state index contributed by atoms with van der Waals surface area (Å²) in [6.07, 6.45) is 0.852. The van der Waals surface area contributed by atoms with Gasteiger partial charge >= 0.3 is 12.0 Å². The number of anilines is 1. The Morgan fingerprint density at radius 1 is 1.14 bits per heavy atom. The van der Waals surface area contributed by atoms with E-state index in [0.29, 0.717) is 12.4 Å². The summed E-state index contributed by atoms with van der Waals surface area (Å²) in [7, 11) is 0. The van der Waals surface area contributed by atoms with Crippen LogP contribution in [-0.2, 0) is 0 Å². The van der Waals surface area contributed by atoms with Gasteiger partial charge in [0, 0.05) is 0 Å². The maximum absolute atomic E-state index is 5.69. The first-order valence-electron chi connectivity index (χ1n) is 6.73. The van der Waals surface area contributed by atoms with Crippen molar-refractivity contribution in [1.82, 2.24) is 15.0 Å². The lowest BCUT2D eigenvalue weighted by atomic mass is 10.1. The van der Waals surface area contributed by atoms with Crippen molar-refractivity contribution in [3.05, 3.63) is 29.3 Å². The van der Waals surface area contributed by atoms with E-state index in [9.17, 15) is 0 Å². The second kappa shape index (κ2) is 6.85. The number of nitrogens with zero attached hydrogens (tertiary/aromatic N) is 3. The second-order valence-corrected chi connectivity index (χ2v) is 4.59. The van der Waals surface area contributed by atoms with E-state index in [4.69, 9.17) is 15.3 Å². The fourth-order valence-electron chi connectivity index (χ4n) is 1.72. The topological polar surface area (TPSA) is 95.2 Å². The Kier molecular flexibility index (Phi) is 4.89. The van der Waals surface area contributed by atoms with Crippen molar-refractivity contribution in [2.45, 2.75) is 27.2 Å². The van der Waals surface area contributed by atoms with Crippen LogP contribution in [0.5, 0.6) is 17.8 Å². The summed E-state index contributed by atoms with van der Waals surface area (Å²) in [5, 5.41) is 0. The molecule has 0 amide bonds. The number of rotatable bonds is 6. The lowest BCUT2D eigenvalue weighted by Gasteiger charge is -2.10. The first-order chi connectivity index (χ1) is 10.1. The van der Waals surface area contributed by atoms with Gasteiger partial charge in [0.05, 0.1) is 6.61 Å². The van der Waals surface area contributed by atoms with E-state index < -0.39 is 0 Å². The minimum absolute atomic E-state index is 0.135. The van der Waals surface area contributed by atoms with E-state index in [1.807, 2.05) is 39.0 Å². The maximum atomic E-state index is 5.69. The molecule has 0 bridgehead atoms. The van der Waals surface area contributed by atoms with Crippen molar-refractivity contribution in [3.63, 3.8) is 0 Å². The van der Waals surface area contributed by atoms with Gasteiger partial charge in [0.15, 0.2) is 0 Å². The van der Waals surface area contributed by atoms with E-state index in [1.165, 1.54) is 0 Å². The van der Waals surface area contributed by atoms with Crippen LogP contribution in [0.2, 0.25) is 0 Å². The number of benzene rings is 1.